The summed E-state index contributed by atoms with van der Waals surface area (Å²) in [6.45, 7) is 14.2. The number of carbonyl (C=O) groups is 2. The fourth-order valence-electron chi connectivity index (χ4n) is 4.00. The molecule has 3 rings (SSSR count). The molecule has 2 atom stereocenters. The first-order chi connectivity index (χ1) is 15.1. The predicted octanol–water partition coefficient (Wildman–Crippen LogP) is 4.94. The van der Waals surface area contributed by atoms with E-state index in [1.807, 2.05) is 31.4 Å². The summed E-state index contributed by atoms with van der Waals surface area (Å²) in [6, 6.07) is 8.21. The molecule has 1 amide bonds. The fourth-order valence-corrected chi connectivity index (χ4v) is 4.97. The number of morpholine rings is 1. The van der Waals surface area contributed by atoms with Crippen molar-refractivity contribution in [2.24, 2.45) is 0 Å². The van der Waals surface area contributed by atoms with Crippen LogP contribution in [0.1, 0.15) is 57.5 Å². The van der Waals surface area contributed by atoms with Crippen LogP contribution in [0.25, 0.3) is 11.1 Å². The molecule has 7 heteroatoms. The summed E-state index contributed by atoms with van der Waals surface area (Å²) in [7, 11) is 0. The zero-order valence-electron chi connectivity index (χ0n) is 19.9. The monoisotopic (exact) mass is 458 g/mol. The Hall–Kier alpha value is -2.22. The number of esters is 1. The SMILES string of the molecule is CCOC(=O)c1c(-c2ccc(C(C)(C)C)cc2)csc1NC(=O)CN1C[C@@H](C)O[C@@H](C)C1. The van der Waals surface area contributed by atoms with Crippen LogP contribution in [0.5, 0.6) is 0 Å². The number of benzene rings is 1. The van der Waals surface area contributed by atoms with Crippen LogP contribution < -0.4 is 5.32 Å². The van der Waals surface area contributed by atoms with Gasteiger partial charge in [0.05, 0.1) is 25.4 Å². The van der Waals surface area contributed by atoms with E-state index < -0.39 is 5.97 Å². The minimum absolute atomic E-state index is 0.0464. The van der Waals surface area contributed by atoms with Crippen LogP contribution in [0.4, 0.5) is 5.00 Å². The Morgan fingerprint density at radius 2 is 1.78 bits per heavy atom. The molecule has 174 valence electrons. The van der Waals surface area contributed by atoms with E-state index in [2.05, 4.69) is 43.1 Å². The molecule has 2 aromatic rings. The number of ether oxygens (including phenoxy) is 2. The smallest absolute Gasteiger partial charge is 0.341 e. The van der Waals surface area contributed by atoms with Gasteiger partial charge in [0.1, 0.15) is 10.6 Å². The highest BCUT2D eigenvalue weighted by atomic mass is 32.1. The van der Waals surface area contributed by atoms with Gasteiger partial charge in [0, 0.05) is 24.0 Å². The lowest BCUT2D eigenvalue weighted by molar-refractivity contribution is -0.121. The first kappa shape index (κ1) is 24.4. The average Bonchev–Trinajstić information content (AvgIpc) is 3.10. The number of carbonyl (C=O) groups excluding carboxylic acids is 2. The zero-order valence-corrected chi connectivity index (χ0v) is 20.7. The summed E-state index contributed by atoms with van der Waals surface area (Å²) in [5.74, 6) is -0.569. The fraction of sp³-hybridized carbons (Fsp3) is 0.520. The molecule has 1 N–H and O–H groups in total. The third-order valence-corrected chi connectivity index (χ3v) is 6.34. The van der Waals surface area contributed by atoms with E-state index in [0.717, 1.165) is 11.1 Å². The zero-order chi connectivity index (χ0) is 23.5. The second-order valence-corrected chi connectivity index (χ2v) is 10.3. The molecule has 0 aliphatic carbocycles. The Morgan fingerprint density at radius 1 is 1.16 bits per heavy atom. The van der Waals surface area contributed by atoms with E-state index in [9.17, 15) is 9.59 Å². The molecule has 0 unspecified atom stereocenters. The van der Waals surface area contributed by atoms with Crippen molar-refractivity contribution in [1.29, 1.82) is 0 Å². The van der Waals surface area contributed by atoms with Crippen molar-refractivity contribution in [3.8, 4) is 11.1 Å². The molecule has 0 spiro atoms. The van der Waals surface area contributed by atoms with Gasteiger partial charge in [0.25, 0.3) is 0 Å². The molecule has 1 aromatic carbocycles. The molecule has 2 heterocycles. The summed E-state index contributed by atoms with van der Waals surface area (Å²) in [5.41, 5.74) is 3.38. The quantitative estimate of drug-likeness (QED) is 0.621. The lowest BCUT2D eigenvalue weighted by Crippen LogP contribution is -2.48. The van der Waals surface area contributed by atoms with Crippen molar-refractivity contribution in [1.82, 2.24) is 4.90 Å². The summed E-state index contributed by atoms with van der Waals surface area (Å²) in [6.07, 6.45) is 0.178. The molecule has 1 aliphatic rings. The van der Waals surface area contributed by atoms with Gasteiger partial charge in [-0.2, -0.15) is 0 Å². The molecular weight excluding hydrogens is 424 g/mol. The summed E-state index contributed by atoms with van der Waals surface area (Å²) in [5, 5.41) is 5.38. The van der Waals surface area contributed by atoms with E-state index in [0.29, 0.717) is 23.7 Å². The van der Waals surface area contributed by atoms with Crippen LogP contribution in [0.15, 0.2) is 29.6 Å². The Labute approximate surface area is 194 Å². The number of nitrogens with one attached hydrogen (secondary N) is 1. The van der Waals surface area contributed by atoms with Crippen molar-refractivity contribution >= 4 is 28.2 Å². The van der Waals surface area contributed by atoms with Gasteiger partial charge in [0.2, 0.25) is 5.91 Å². The van der Waals surface area contributed by atoms with Crippen LogP contribution in [0.3, 0.4) is 0 Å². The van der Waals surface area contributed by atoms with Crippen molar-refractivity contribution in [3.63, 3.8) is 0 Å². The van der Waals surface area contributed by atoms with Crippen molar-refractivity contribution < 1.29 is 19.1 Å². The van der Waals surface area contributed by atoms with Crippen LogP contribution >= 0.6 is 11.3 Å². The van der Waals surface area contributed by atoms with Gasteiger partial charge >= 0.3 is 5.97 Å². The number of amides is 1. The van der Waals surface area contributed by atoms with Gasteiger partial charge in [-0.25, -0.2) is 4.79 Å². The highest BCUT2D eigenvalue weighted by Gasteiger charge is 2.26. The minimum atomic E-state index is -0.424. The van der Waals surface area contributed by atoms with E-state index in [-0.39, 0.29) is 36.7 Å². The summed E-state index contributed by atoms with van der Waals surface area (Å²) >= 11 is 1.35. The topological polar surface area (TPSA) is 67.9 Å². The minimum Gasteiger partial charge on any atom is -0.462 e. The Bertz CT molecular complexity index is 936. The number of anilines is 1. The van der Waals surface area contributed by atoms with Crippen LogP contribution in [-0.4, -0.2) is 55.2 Å². The van der Waals surface area contributed by atoms with Crippen LogP contribution in [-0.2, 0) is 19.7 Å². The second-order valence-electron chi connectivity index (χ2n) is 9.40. The first-order valence-corrected chi connectivity index (χ1v) is 12.0. The Morgan fingerprint density at radius 3 is 2.34 bits per heavy atom. The number of rotatable bonds is 6. The van der Waals surface area contributed by atoms with Crippen molar-refractivity contribution in [3.05, 3.63) is 40.8 Å². The maximum Gasteiger partial charge on any atom is 0.341 e. The second kappa shape index (κ2) is 10.1. The molecule has 1 fully saturated rings. The van der Waals surface area contributed by atoms with E-state index >= 15 is 0 Å². The van der Waals surface area contributed by atoms with E-state index in [1.54, 1.807) is 6.92 Å². The largest absolute Gasteiger partial charge is 0.462 e. The molecule has 0 radical (unpaired) electrons. The van der Waals surface area contributed by atoms with Gasteiger partial charge in [0.15, 0.2) is 0 Å². The van der Waals surface area contributed by atoms with Crippen molar-refractivity contribution in [2.75, 3.05) is 31.6 Å². The Balaban J connectivity index is 1.83. The molecule has 1 saturated heterocycles. The molecular formula is C25H34N2O4S. The van der Waals surface area contributed by atoms with Gasteiger partial charge in [-0.15, -0.1) is 11.3 Å². The van der Waals surface area contributed by atoms with Crippen molar-refractivity contribution in [2.45, 2.75) is 59.2 Å². The van der Waals surface area contributed by atoms with Crippen LogP contribution in [0.2, 0.25) is 0 Å². The molecule has 0 saturated carbocycles. The van der Waals surface area contributed by atoms with E-state index in [1.165, 1.54) is 16.9 Å². The summed E-state index contributed by atoms with van der Waals surface area (Å²) < 4.78 is 11.1. The highest BCUT2D eigenvalue weighted by Crippen LogP contribution is 2.37. The van der Waals surface area contributed by atoms with Gasteiger partial charge in [-0.3, -0.25) is 9.69 Å². The highest BCUT2D eigenvalue weighted by molar-refractivity contribution is 7.15. The molecule has 0 bridgehead atoms. The molecule has 1 aliphatic heterocycles. The number of nitrogens with zero attached hydrogens (tertiary/aromatic N) is 1. The van der Waals surface area contributed by atoms with Gasteiger partial charge in [-0.05, 0) is 37.3 Å². The normalized spacial score (nSPS) is 19.6. The van der Waals surface area contributed by atoms with Crippen LogP contribution in [0, 0.1) is 0 Å². The predicted molar refractivity (Wildman–Crippen MR) is 129 cm³/mol. The maximum atomic E-state index is 12.8. The average molecular weight is 459 g/mol. The number of hydrogen-bond acceptors (Lipinski definition) is 6. The molecule has 32 heavy (non-hydrogen) atoms. The molecule has 6 nitrogen and oxygen atoms in total. The number of thiophene rings is 1. The summed E-state index contributed by atoms with van der Waals surface area (Å²) in [4.78, 5) is 27.7. The number of hydrogen-bond donors (Lipinski definition) is 1. The Kier molecular flexibility index (Phi) is 7.75. The van der Waals surface area contributed by atoms with E-state index in [4.69, 9.17) is 9.47 Å². The standard InChI is InChI=1S/C25H34N2O4S/c1-7-30-24(29)22-20(18-8-10-19(11-9-18)25(4,5)6)15-32-23(22)26-21(28)14-27-12-16(2)31-17(3)13-27/h8-11,15-17H,7,12-14H2,1-6H3,(H,26,28)/t16-,17+. The third kappa shape index (κ3) is 5.97. The maximum absolute atomic E-state index is 12.8. The third-order valence-electron chi connectivity index (χ3n) is 5.45. The van der Waals surface area contributed by atoms with Gasteiger partial charge < -0.3 is 14.8 Å². The molecule has 1 aromatic heterocycles. The lowest BCUT2D eigenvalue weighted by Gasteiger charge is -2.34. The van der Waals surface area contributed by atoms with Gasteiger partial charge in [-0.1, -0.05) is 45.0 Å². The lowest BCUT2D eigenvalue weighted by atomic mass is 9.86. The first-order valence-electron chi connectivity index (χ1n) is 11.2.